The molecular formula is C15H17F7O2. The molecule has 138 valence electrons. The van der Waals surface area contributed by atoms with E-state index < -0.39 is 36.1 Å². The highest BCUT2D eigenvalue weighted by Gasteiger charge is 2.72. The molecule has 0 saturated heterocycles. The highest BCUT2D eigenvalue weighted by atomic mass is 19.4. The fourth-order valence-electron chi connectivity index (χ4n) is 1.92. The molecule has 0 aliphatic carbocycles. The summed E-state index contributed by atoms with van der Waals surface area (Å²) in [6.45, 7) is 5.03. The van der Waals surface area contributed by atoms with E-state index in [1.807, 2.05) is 0 Å². The van der Waals surface area contributed by atoms with E-state index in [2.05, 4.69) is 0 Å². The largest absolute Gasteiger partial charge is 0.488 e. The summed E-state index contributed by atoms with van der Waals surface area (Å²) in [4.78, 5) is 0. The standard InChI is InChI=1S/C15H17F7O2/c1-12(2,3)24-10-6-4-5-9(7-10)11(23)8-13(16,14(17,18)19)15(20,21)22/h4-7,11,23H,8H2,1-3H3. The first kappa shape index (κ1) is 20.5. The van der Waals surface area contributed by atoms with Gasteiger partial charge in [0, 0.05) is 6.42 Å². The summed E-state index contributed by atoms with van der Waals surface area (Å²) in [7, 11) is 0. The van der Waals surface area contributed by atoms with Crippen LogP contribution >= 0.6 is 0 Å². The Morgan fingerprint density at radius 2 is 1.46 bits per heavy atom. The van der Waals surface area contributed by atoms with E-state index in [0.29, 0.717) is 0 Å². The Balaban J connectivity index is 3.10. The number of ether oxygens (including phenoxy) is 1. The third kappa shape index (κ3) is 4.75. The van der Waals surface area contributed by atoms with Gasteiger partial charge < -0.3 is 9.84 Å². The van der Waals surface area contributed by atoms with Crippen molar-refractivity contribution in [1.29, 1.82) is 0 Å². The quantitative estimate of drug-likeness (QED) is 0.754. The highest BCUT2D eigenvalue weighted by molar-refractivity contribution is 5.30. The molecule has 1 aromatic rings. The van der Waals surface area contributed by atoms with Crippen LogP contribution in [0.4, 0.5) is 30.7 Å². The number of halogens is 7. The van der Waals surface area contributed by atoms with Gasteiger partial charge in [-0.25, -0.2) is 4.39 Å². The minimum absolute atomic E-state index is 0.127. The molecule has 0 bridgehead atoms. The Kier molecular flexibility index (Phi) is 5.49. The van der Waals surface area contributed by atoms with Crippen LogP contribution < -0.4 is 4.74 Å². The number of hydrogen-bond acceptors (Lipinski definition) is 2. The summed E-state index contributed by atoms with van der Waals surface area (Å²) in [6, 6.07) is 4.86. The van der Waals surface area contributed by atoms with Crippen molar-refractivity contribution in [3.05, 3.63) is 29.8 Å². The number of aliphatic hydroxyl groups excluding tert-OH is 1. The van der Waals surface area contributed by atoms with Gasteiger partial charge in [0.2, 0.25) is 0 Å². The molecule has 0 aliphatic heterocycles. The highest BCUT2D eigenvalue weighted by Crippen LogP contribution is 2.50. The van der Waals surface area contributed by atoms with E-state index in [-0.39, 0.29) is 11.3 Å². The first-order valence-electron chi connectivity index (χ1n) is 6.86. The van der Waals surface area contributed by atoms with Crippen molar-refractivity contribution in [2.45, 2.75) is 56.9 Å². The normalized spacial score (nSPS) is 15.3. The van der Waals surface area contributed by atoms with Crippen molar-refractivity contribution in [1.82, 2.24) is 0 Å². The van der Waals surface area contributed by atoms with Crippen molar-refractivity contribution in [2.24, 2.45) is 0 Å². The van der Waals surface area contributed by atoms with Crippen LogP contribution in [0.2, 0.25) is 0 Å². The zero-order valence-corrected chi connectivity index (χ0v) is 13.1. The van der Waals surface area contributed by atoms with Gasteiger partial charge in [-0.05, 0) is 38.5 Å². The van der Waals surface area contributed by atoms with E-state index in [4.69, 9.17) is 4.74 Å². The summed E-state index contributed by atoms with van der Waals surface area (Å²) in [6.07, 6.45) is -16.9. The maximum absolute atomic E-state index is 13.7. The third-order valence-electron chi connectivity index (χ3n) is 3.04. The lowest BCUT2D eigenvalue weighted by molar-refractivity contribution is -0.347. The van der Waals surface area contributed by atoms with Crippen LogP contribution in [0.3, 0.4) is 0 Å². The van der Waals surface area contributed by atoms with Crippen LogP contribution in [-0.2, 0) is 0 Å². The lowest BCUT2D eigenvalue weighted by Crippen LogP contribution is -2.54. The fraction of sp³-hybridized carbons (Fsp3) is 0.600. The predicted molar refractivity (Wildman–Crippen MR) is 72.3 cm³/mol. The maximum Gasteiger partial charge on any atom is 0.431 e. The summed E-state index contributed by atoms with van der Waals surface area (Å²) >= 11 is 0. The van der Waals surface area contributed by atoms with E-state index in [9.17, 15) is 35.8 Å². The molecule has 0 aromatic heterocycles. The van der Waals surface area contributed by atoms with Gasteiger partial charge in [0.05, 0.1) is 6.10 Å². The summed E-state index contributed by atoms with van der Waals surface area (Å²) in [5, 5.41) is 9.71. The van der Waals surface area contributed by atoms with E-state index in [1.54, 1.807) is 20.8 Å². The molecule has 1 aromatic carbocycles. The molecule has 1 N–H and O–H groups in total. The molecular weight excluding hydrogens is 345 g/mol. The molecule has 2 nitrogen and oxygen atoms in total. The molecule has 0 fully saturated rings. The smallest absolute Gasteiger partial charge is 0.431 e. The minimum Gasteiger partial charge on any atom is -0.488 e. The molecule has 0 saturated carbocycles. The van der Waals surface area contributed by atoms with Crippen LogP contribution in [0, 0.1) is 0 Å². The van der Waals surface area contributed by atoms with Crippen molar-refractivity contribution in [3.8, 4) is 5.75 Å². The van der Waals surface area contributed by atoms with Gasteiger partial charge in [0.1, 0.15) is 11.4 Å². The van der Waals surface area contributed by atoms with Gasteiger partial charge in [0.15, 0.2) is 0 Å². The van der Waals surface area contributed by atoms with E-state index >= 15 is 0 Å². The van der Waals surface area contributed by atoms with Crippen LogP contribution in [0.15, 0.2) is 24.3 Å². The molecule has 1 atom stereocenters. The SMILES string of the molecule is CC(C)(C)Oc1cccc(C(O)CC(F)(C(F)(F)F)C(F)(F)F)c1. The van der Waals surface area contributed by atoms with Crippen LogP contribution in [0.1, 0.15) is 38.9 Å². The summed E-state index contributed by atoms with van der Waals surface area (Å²) < 4.78 is 94.4. The number of alkyl halides is 7. The van der Waals surface area contributed by atoms with Crippen LogP contribution in [-0.4, -0.2) is 28.7 Å². The Labute approximate surface area is 134 Å². The number of hydrogen-bond donors (Lipinski definition) is 1. The monoisotopic (exact) mass is 362 g/mol. The zero-order valence-electron chi connectivity index (χ0n) is 13.1. The zero-order chi connectivity index (χ0) is 19.0. The molecule has 1 unspecified atom stereocenters. The first-order chi connectivity index (χ1) is 10.6. The van der Waals surface area contributed by atoms with Crippen molar-refractivity contribution in [2.75, 3.05) is 0 Å². The second-order valence-corrected chi connectivity index (χ2v) is 6.30. The van der Waals surface area contributed by atoms with Crippen molar-refractivity contribution < 1.29 is 40.6 Å². The first-order valence-corrected chi connectivity index (χ1v) is 6.86. The topological polar surface area (TPSA) is 29.5 Å². The molecule has 9 heteroatoms. The molecule has 0 radical (unpaired) electrons. The second-order valence-electron chi connectivity index (χ2n) is 6.30. The summed E-state index contributed by atoms with van der Waals surface area (Å²) in [5.41, 5.74) is -6.50. The molecule has 0 amide bonds. The van der Waals surface area contributed by atoms with Crippen LogP contribution in [0.25, 0.3) is 0 Å². The minimum atomic E-state index is -6.20. The van der Waals surface area contributed by atoms with Crippen molar-refractivity contribution in [3.63, 3.8) is 0 Å². The predicted octanol–water partition coefficient (Wildman–Crippen LogP) is 5.12. The number of aliphatic hydroxyl groups is 1. The van der Waals surface area contributed by atoms with E-state index in [0.717, 1.165) is 12.1 Å². The van der Waals surface area contributed by atoms with Gasteiger partial charge >= 0.3 is 18.0 Å². The molecule has 0 spiro atoms. The lowest BCUT2D eigenvalue weighted by atomic mass is 9.93. The molecule has 0 heterocycles. The fourth-order valence-corrected chi connectivity index (χ4v) is 1.92. The van der Waals surface area contributed by atoms with Gasteiger partial charge in [0.25, 0.3) is 0 Å². The maximum atomic E-state index is 13.7. The second kappa shape index (κ2) is 6.42. The Morgan fingerprint density at radius 1 is 0.958 bits per heavy atom. The van der Waals surface area contributed by atoms with Gasteiger partial charge in [-0.1, -0.05) is 12.1 Å². The van der Waals surface area contributed by atoms with Gasteiger partial charge in [-0.2, -0.15) is 26.3 Å². The summed E-state index contributed by atoms with van der Waals surface area (Å²) in [5.74, 6) is 0.127. The van der Waals surface area contributed by atoms with Gasteiger partial charge in [-0.3, -0.25) is 0 Å². The third-order valence-corrected chi connectivity index (χ3v) is 3.04. The number of benzene rings is 1. The van der Waals surface area contributed by atoms with Gasteiger partial charge in [-0.15, -0.1) is 0 Å². The van der Waals surface area contributed by atoms with E-state index in [1.165, 1.54) is 12.1 Å². The Hall–Kier alpha value is -1.51. The van der Waals surface area contributed by atoms with Crippen molar-refractivity contribution >= 4 is 0 Å². The number of rotatable bonds is 4. The lowest BCUT2D eigenvalue weighted by Gasteiger charge is -2.31. The average molecular weight is 362 g/mol. The molecule has 0 aliphatic rings. The van der Waals surface area contributed by atoms with Crippen LogP contribution in [0.5, 0.6) is 5.75 Å². The molecule has 24 heavy (non-hydrogen) atoms. The average Bonchev–Trinajstić information content (AvgIpc) is 2.34. The molecule has 1 rings (SSSR count). The Bertz CT molecular complexity index is 544. The Morgan fingerprint density at radius 3 is 1.88 bits per heavy atom.